The zero-order valence-electron chi connectivity index (χ0n) is 8.29. The molecule has 0 aromatic carbocycles. The van der Waals surface area contributed by atoms with Gasteiger partial charge in [-0.3, -0.25) is 4.79 Å². The number of hydrogen-bond acceptors (Lipinski definition) is 3. The molecule has 4 nitrogen and oxygen atoms in total. The smallest absolute Gasteiger partial charge is 0.236 e. The van der Waals surface area contributed by atoms with Crippen molar-refractivity contribution in [3.63, 3.8) is 0 Å². The van der Waals surface area contributed by atoms with E-state index in [1.54, 1.807) is 4.90 Å². The summed E-state index contributed by atoms with van der Waals surface area (Å²) in [4.78, 5) is 13.2. The lowest BCUT2D eigenvalue weighted by Gasteiger charge is -2.16. The number of carbonyl (C=O) groups is 1. The Kier molecular flexibility index (Phi) is 3.69. The predicted octanol–water partition coefficient (Wildman–Crippen LogP) is -0.422. The molecule has 1 aliphatic rings. The highest BCUT2D eigenvalue weighted by Crippen LogP contribution is 2.08. The van der Waals surface area contributed by atoms with Crippen LogP contribution in [0.3, 0.4) is 0 Å². The molecule has 4 heteroatoms. The minimum atomic E-state index is -0.317. The van der Waals surface area contributed by atoms with Crippen LogP contribution in [0.1, 0.15) is 20.3 Å². The fourth-order valence-electron chi connectivity index (χ4n) is 1.37. The second kappa shape index (κ2) is 4.58. The van der Waals surface area contributed by atoms with Gasteiger partial charge in [-0.05, 0) is 6.42 Å². The van der Waals surface area contributed by atoms with Crippen LogP contribution in [0.15, 0.2) is 0 Å². The Labute approximate surface area is 78.9 Å². The molecular weight excluding hydrogens is 168 g/mol. The van der Waals surface area contributed by atoms with Crippen LogP contribution in [-0.2, 0) is 4.79 Å². The third-order valence-electron chi connectivity index (χ3n) is 2.18. The van der Waals surface area contributed by atoms with E-state index in [0.29, 0.717) is 32.1 Å². The van der Waals surface area contributed by atoms with Gasteiger partial charge in [-0.1, -0.05) is 13.8 Å². The zero-order valence-corrected chi connectivity index (χ0v) is 8.29. The van der Waals surface area contributed by atoms with E-state index in [1.807, 2.05) is 13.8 Å². The maximum absolute atomic E-state index is 11.4. The lowest BCUT2D eigenvalue weighted by atomic mass is 10.3. The van der Waals surface area contributed by atoms with Crippen molar-refractivity contribution in [2.24, 2.45) is 0 Å². The van der Waals surface area contributed by atoms with Crippen molar-refractivity contribution < 1.29 is 9.90 Å². The Balaban J connectivity index is 2.24. The minimum absolute atomic E-state index is 0.0882. The summed E-state index contributed by atoms with van der Waals surface area (Å²) in [5.41, 5.74) is 0. The summed E-state index contributed by atoms with van der Waals surface area (Å²) < 4.78 is 0. The highest BCUT2D eigenvalue weighted by atomic mass is 16.3. The lowest BCUT2D eigenvalue weighted by Crippen LogP contribution is -2.39. The van der Waals surface area contributed by atoms with E-state index in [9.17, 15) is 9.90 Å². The summed E-state index contributed by atoms with van der Waals surface area (Å²) >= 11 is 0. The van der Waals surface area contributed by atoms with Gasteiger partial charge in [-0.25, -0.2) is 0 Å². The third kappa shape index (κ3) is 3.32. The molecule has 1 saturated heterocycles. The molecule has 0 aromatic heterocycles. The van der Waals surface area contributed by atoms with Gasteiger partial charge in [0.05, 0.1) is 12.6 Å². The van der Waals surface area contributed by atoms with Crippen molar-refractivity contribution in [1.29, 1.82) is 0 Å². The highest BCUT2D eigenvalue weighted by Gasteiger charge is 2.23. The van der Waals surface area contributed by atoms with Gasteiger partial charge in [-0.15, -0.1) is 0 Å². The van der Waals surface area contributed by atoms with E-state index in [2.05, 4.69) is 5.32 Å². The van der Waals surface area contributed by atoms with Crippen LogP contribution in [0.25, 0.3) is 0 Å². The van der Waals surface area contributed by atoms with Crippen molar-refractivity contribution in [2.45, 2.75) is 32.4 Å². The Morgan fingerprint density at radius 1 is 1.69 bits per heavy atom. The van der Waals surface area contributed by atoms with Crippen LogP contribution < -0.4 is 5.32 Å². The molecule has 76 valence electrons. The van der Waals surface area contributed by atoms with E-state index < -0.39 is 0 Å². The summed E-state index contributed by atoms with van der Waals surface area (Å²) in [6.45, 7) is 5.58. The molecule has 1 atom stereocenters. The maximum Gasteiger partial charge on any atom is 0.236 e. The van der Waals surface area contributed by atoms with Gasteiger partial charge >= 0.3 is 0 Å². The molecule has 0 aliphatic carbocycles. The number of hydrogen-bond donors (Lipinski definition) is 2. The van der Waals surface area contributed by atoms with E-state index >= 15 is 0 Å². The molecule has 2 N–H and O–H groups in total. The predicted molar refractivity (Wildman–Crippen MR) is 50.3 cm³/mol. The number of β-amino-alcohol motifs (C(OH)–C–C–N with tert-alkyl or cyclic N) is 1. The number of rotatable bonds is 3. The van der Waals surface area contributed by atoms with E-state index in [1.165, 1.54) is 0 Å². The summed E-state index contributed by atoms with van der Waals surface area (Å²) in [5, 5.41) is 12.3. The third-order valence-corrected chi connectivity index (χ3v) is 2.18. The SMILES string of the molecule is CC(C)NCC(=O)N1CC[C@H](O)C1. The van der Waals surface area contributed by atoms with Crippen LogP contribution in [0.2, 0.25) is 0 Å². The summed E-state index contributed by atoms with van der Waals surface area (Å²) in [5.74, 6) is 0.0882. The van der Waals surface area contributed by atoms with Gasteiger partial charge in [0.15, 0.2) is 0 Å². The molecule has 0 unspecified atom stereocenters. The molecule has 1 fully saturated rings. The number of likely N-dealkylation sites (tertiary alicyclic amines) is 1. The second-order valence-corrected chi connectivity index (χ2v) is 3.82. The topological polar surface area (TPSA) is 52.6 Å². The second-order valence-electron chi connectivity index (χ2n) is 3.82. The first-order valence-electron chi connectivity index (χ1n) is 4.79. The molecule has 0 radical (unpaired) electrons. The number of nitrogens with zero attached hydrogens (tertiary/aromatic N) is 1. The first-order chi connectivity index (χ1) is 6.09. The maximum atomic E-state index is 11.4. The summed E-state index contributed by atoms with van der Waals surface area (Å²) in [6, 6.07) is 0.330. The van der Waals surface area contributed by atoms with Crippen molar-refractivity contribution >= 4 is 5.91 Å². The van der Waals surface area contributed by atoms with Gasteiger partial charge in [0.2, 0.25) is 5.91 Å². The molecule has 0 spiro atoms. The van der Waals surface area contributed by atoms with Crippen LogP contribution in [-0.4, -0.2) is 47.7 Å². The van der Waals surface area contributed by atoms with Gasteiger partial charge < -0.3 is 15.3 Å². The Morgan fingerprint density at radius 2 is 2.38 bits per heavy atom. The van der Waals surface area contributed by atoms with E-state index in [4.69, 9.17) is 0 Å². The van der Waals surface area contributed by atoms with Crippen molar-refractivity contribution in [2.75, 3.05) is 19.6 Å². The number of aliphatic hydroxyl groups excluding tert-OH is 1. The Bertz CT molecular complexity index is 182. The Morgan fingerprint density at radius 3 is 2.85 bits per heavy atom. The van der Waals surface area contributed by atoms with E-state index in [0.717, 1.165) is 0 Å². The molecule has 13 heavy (non-hydrogen) atoms. The van der Waals surface area contributed by atoms with Crippen LogP contribution >= 0.6 is 0 Å². The summed E-state index contributed by atoms with van der Waals surface area (Å²) in [6.07, 6.45) is 0.399. The average molecular weight is 186 g/mol. The molecular formula is C9H18N2O2. The van der Waals surface area contributed by atoms with Crippen molar-refractivity contribution in [1.82, 2.24) is 10.2 Å². The van der Waals surface area contributed by atoms with Crippen LogP contribution in [0, 0.1) is 0 Å². The monoisotopic (exact) mass is 186 g/mol. The Hall–Kier alpha value is -0.610. The van der Waals surface area contributed by atoms with Crippen LogP contribution in [0.5, 0.6) is 0 Å². The highest BCUT2D eigenvalue weighted by molar-refractivity contribution is 5.78. The molecule has 0 saturated carbocycles. The zero-order chi connectivity index (χ0) is 9.84. The van der Waals surface area contributed by atoms with Gasteiger partial charge in [0.1, 0.15) is 0 Å². The molecule has 1 amide bonds. The summed E-state index contributed by atoms with van der Waals surface area (Å²) in [7, 11) is 0. The largest absolute Gasteiger partial charge is 0.391 e. The normalized spacial score (nSPS) is 22.8. The fraction of sp³-hybridized carbons (Fsp3) is 0.889. The quantitative estimate of drug-likeness (QED) is 0.629. The molecule has 1 aliphatic heterocycles. The van der Waals surface area contributed by atoms with Gasteiger partial charge in [-0.2, -0.15) is 0 Å². The first-order valence-corrected chi connectivity index (χ1v) is 4.79. The van der Waals surface area contributed by atoms with Gasteiger partial charge in [0, 0.05) is 19.1 Å². The first kappa shape index (κ1) is 10.5. The van der Waals surface area contributed by atoms with E-state index in [-0.39, 0.29) is 12.0 Å². The average Bonchev–Trinajstić information content (AvgIpc) is 2.47. The van der Waals surface area contributed by atoms with Crippen molar-refractivity contribution in [3.8, 4) is 0 Å². The minimum Gasteiger partial charge on any atom is -0.391 e. The number of aliphatic hydroxyl groups is 1. The molecule has 0 aromatic rings. The lowest BCUT2D eigenvalue weighted by molar-refractivity contribution is -0.129. The fourth-order valence-corrected chi connectivity index (χ4v) is 1.37. The number of amides is 1. The van der Waals surface area contributed by atoms with Gasteiger partial charge in [0.25, 0.3) is 0 Å². The molecule has 1 heterocycles. The standard InChI is InChI=1S/C9H18N2O2/c1-7(2)10-5-9(13)11-4-3-8(12)6-11/h7-8,10,12H,3-6H2,1-2H3/t8-/m0/s1. The van der Waals surface area contributed by atoms with Crippen LogP contribution in [0.4, 0.5) is 0 Å². The molecule has 1 rings (SSSR count). The molecule has 0 bridgehead atoms. The van der Waals surface area contributed by atoms with Crippen molar-refractivity contribution in [3.05, 3.63) is 0 Å². The number of nitrogens with one attached hydrogen (secondary N) is 1. The number of carbonyl (C=O) groups excluding carboxylic acids is 1.